The molecule has 0 fully saturated rings. The molecule has 0 amide bonds. The van der Waals surface area contributed by atoms with E-state index in [4.69, 9.17) is 0 Å². The summed E-state index contributed by atoms with van der Waals surface area (Å²) in [4.78, 5) is 4.38. The van der Waals surface area contributed by atoms with E-state index in [1.54, 1.807) is 0 Å². The van der Waals surface area contributed by atoms with Gasteiger partial charge in [0.15, 0.2) is 0 Å². The summed E-state index contributed by atoms with van der Waals surface area (Å²) in [6, 6.07) is 4.08. The van der Waals surface area contributed by atoms with Crippen molar-refractivity contribution in [3.8, 4) is 0 Å². The topological polar surface area (TPSA) is 12.9 Å². The van der Waals surface area contributed by atoms with E-state index in [-0.39, 0.29) is 0 Å². The molecule has 0 spiro atoms. The second-order valence-electron chi connectivity index (χ2n) is 2.61. The quantitative estimate of drug-likeness (QED) is 0.600. The van der Waals surface area contributed by atoms with Gasteiger partial charge in [0.1, 0.15) is 4.60 Å². The zero-order valence-corrected chi connectivity index (χ0v) is 7.63. The van der Waals surface area contributed by atoms with Gasteiger partial charge in [-0.3, -0.25) is 0 Å². The third-order valence-electron chi connectivity index (χ3n) is 1.82. The average molecular weight is 210 g/mol. The summed E-state index contributed by atoms with van der Waals surface area (Å²) in [6.07, 6.45) is 6.53. The number of aromatic nitrogens is 1. The molecule has 1 aliphatic carbocycles. The van der Waals surface area contributed by atoms with E-state index in [0.717, 1.165) is 17.4 Å². The van der Waals surface area contributed by atoms with Crippen molar-refractivity contribution in [3.63, 3.8) is 0 Å². The van der Waals surface area contributed by atoms with Gasteiger partial charge in [0.25, 0.3) is 0 Å². The molecule has 0 saturated heterocycles. The van der Waals surface area contributed by atoms with Crippen LogP contribution in [0.5, 0.6) is 0 Å². The molecule has 56 valence electrons. The van der Waals surface area contributed by atoms with Gasteiger partial charge in [-0.25, -0.2) is 4.98 Å². The highest BCUT2D eigenvalue weighted by Crippen LogP contribution is 2.19. The van der Waals surface area contributed by atoms with Gasteiger partial charge in [0, 0.05) is 5.69 Å². The van der Waals surface area contributed by atoms with Gasteiger partial charge in [0.05, 0.1) is 0 Å². The van der Waals surface area contributed by atoms with Crippen LogP contribution in [0.1, 0.15) is 17.7 Å². The fourth-order valence-electron chi connectivity index (χ4n) is 1.27. The first-order chi connectivity index (χ1) is 5.36. The Morgan fingerprint density at radius 2 is 2.27 bits per heavy atom. The first kappa shape index (κ1) is 7.04. The molecule has 0 saturated carbocycles. The third-order valence-corrected chi connectivity index (χ3v) is 2.26. The Morgan fingerprint density at radius 3 is 3.18 bits per heavy atom. The Balaban J connectivity index is 2.53. The van der Waals surface area contributed by atoms with E-state index in [1.807, 2.05) is 6.07 Å². The van der Waals surface area contributed by atoms with Gasteiger partial charge in [-0.1, -0.05) is 18.2 Å². The molecule has 0 aliphatic heterocycles. The van der Waals surface area contributed by atoms with Crippen molar-refractivity contribution in [1.82, 2.24) is 4.98 Å². The number of halogens is 1. The average Bonchev–Trinajstić information content (AvgIpc) is 2.04. The maximum absolute atomic E-state index is 4.38. The van der Waals surface area contributed by atoms with Crippen molar-refractivity contribution < 1.29 is 0 Å². The number of nitrogens with zero attached hydrogens (tertiary/aromatic N) is 1. The zero-order chi connectivity index (χ0) is 7.68. The summed E-state index contributed by atoms with van der Waals surface area (Å²) in [7, 11) is 0. The van der Waals surface area contributed by atoms with Crippen molar-refractivity contribution in [3.05, 3.63) is 34.1 Å². The van der Waals surface area contributed by atoms with E-state index in [9.17, 15) is 0 Å². The van der Waals surface area contributed by atoms with Gasteiger partial charge in [-0.15, -0.1) is 0 Å². The van der Waals surface area contributed by atoms with Crippen LogP contribution in [-0.2, 0) is 6.42 Å². The minimum atomic E-state index is 0.937. The lowest BCUT2D eigenvalue weighted by molar-refractivity contribution is 0.920. The number of pyridine rings is 1. The molecule has 11 heavy (non-hydrogen) atoms. The molecule has 1 aliphatic rings. The Morgan fingerprint density at radius 1 is 1.36 bits per heavy atom. The molecular formula is C9H8BrN. The first-order valence-electron chi connectivity index (χ1n) is 3.68. The molecule has 1 aromatic rings. The molecule has 0 atom stereocenters. The Bertz CT molecular complexity index is 304. The second-order valence-corrected chi connectivity index (χ2v) is 3.42. The van der Waals surface area contributed by atoms with Gasteiger partial charge >= 0.3 is 0 Å². The summed E-state index contributed by atoms with van der Waals surface area (Å²) in [5.74, 6) is 0. The van der Waals surface area contributed by atoms with Crippen LogP contribution in [0, 0.1) is 0 Å². The fourth-order valence-corrected chi connectivity index (χ4v) is 1.61. The third kappa shape index (κ3) is 1.36. The van der Waals surface area contributed by atoms with Crippen LogP contribution in [0.2, 0.25) is 0 Å². The molecule has 2 heteroatoms. The van der Waals surface area contributed by atoms with Crippen LogP contribution < -0.4 is 0 Å². The largest absolute Gasteiger partial charge is 0.245 e. The molecule has 0 aromatic carbocycles. The lowest BCUT2D eigenvalue weighted by Crippen LogP contribution is -1.97. The number of hydrogen-bond donors (Lipinski definition) is 0. The highest BCUT2D eigenvalue weighted by atomic mass is 79.9. The number of allylic oxidation sites excluding steroid dienone is 1. The zero-order valence-electron chi connectivity index (χ0n) is 6.05. The van der Waals surface area contributed by atoms with Crippen LogP contribution in [0.25, 0.3) is 6.08 Å². The minimum absolute atomic E-state index is 0.937. The Kier molecular flexibility index (Phi) is 1.78. The van der Waals surface area contributed by atoms with Gasteiger partial charge in [0.2, 0.25) is 0 Å². The molecule has 0 N–H and O–H groups in total. The van der Waals surface area contributed by atoms with Crippen LogP contribution in [0.15, 0.2) is 22.8 Å². The van der Waals surface area contributed by atoms with E-state index >= 15 is 0 Å². The van der Waals surface area contributed by atoms with Crippen molar-refractivity contribution in [1.29, 1.82) is 0 Å². The molecule has 0 bridgehead atoms. The van der Waals surface area contributed by atoms with E-state index in [2.05, 4.69) is 39.1 Å². The monoisotopic (exact) mass is 209 g/mol. The number of hydrogen-bond acceptors (Lipinski definition) is 1. The number of fused-ring (bicyclic) bond motifs is 1. The van der Waals surface area contributed by atoms with E-state index in [1.165, 1.54) is 11.3 Å². The SMILES string of the molecule is Brc1ccc2c(n1)CCC=C2. The second kappa shape index (κ2) is 2.78. The predicted molar refractivity (Wildman–Crippen MR) is 49.3 cm³/mol. The maximum Gasteiger partial charge on any atom is 0.106 e. The van der Waals surface area contributed by atoms with Crippen LogP contribution in [0.3, 0.4) is 0 Å². The van der Waals surface area contributed by atoms with Gasteiger partial charge < -0.3 is 0 Å². The first-order valence-corrected chi connectivity index (χ1v) is 4.47. The van der Waals surface area contributed by atoms with Crippen LogP contribution >= 0.6 is 15.9 Å². The molecular weight excluding hydrogens is 202 g/mol. The van der Waals surface area contributed by atoms with Gasteiger partial charge in [-0.05, 0) is 40.4 Å². The van der Waals surface area contributed by atoms with Crippen LogP contribution in [0.4, 0.5) is 0 Å². The summed E-state index contributed by atoms with van der Waals surface area (Å²) in [5, 5.41) is 0. The van der Waals surface area contributed by atoms with Crippen molar-refractivity contribution >= 4 is 22.0 Å². The molecule has 1 aromatic heterocycles. The fraction of sp³-hybridized carbons (Fsp3) is 0.222. The standard InChI is InChI=1S/C9H8BrN/c10-9-6-5-7-3-1-2-4-8(7)11-9/h1,3,5-6H,2,4H2. The smallest absolute Gasteiger partial charge is 0.106 e. The summed E-state index contributed by atoms with van der Waals surface area (Å²) in [6.45, 7) is 0. The van der Waals surface area contributed by atoms with Crippen molar-refractivity contribution in [2.45, 2.75) is 12.8 Å². The van der Waals surface area contributed by atoms with E-state index in [0.29, 0.717) is 0 Å². The summed E-state index contributed by atoms with van der Waals surface area (Å²) >= 11 is 3.36. The van der Waals surface area contributed by atoms with Crippen molar-refractivity contribution in [2.75, 3.05) is 0 Å². The lowest BCUT2D eigenvalue weighted by Gasteiger charge is -2.08. The molecule has 0 radical (unpaired) electrons. The van der Waals surface area contributed by atoms with E-state index < -0.39 is 0 Å². The normalized spacial score (nSPS) is 14.6. The number of aryl methyl sites for hydroxylation is 1. The van der Waals surface area contributed by atoms with Gasteiger partial charge in [-0.2, -0.15) is 0 Å². The Hall–Kier alpha value is -0.630. The maximum atomic E-state index is 4.38. The lowest BCUT2D eigenvalue weighted by atomic mass is 10.0. The molecule has 0 unspecified atom stereocenters. The predicted octanol–water partition coefficient (Wildman–Crippen LogP) is 2.80. The summed E-state index contributed by atoms with van der Waals surface area (Å²) < 4.78 is 0.937. The molecule has 1 nitrogen and oxygen atoms in total. The highest BCUT2D eigenvalue weighted by Gasteiger charge is 2.04. The van der Waals surface area contributed by atoms with Crippen LogP contribution in [-0.4, -0.2) is 4.98 Å². The number of rotatable bonds is 0. The van der Waals surface area contributed by atoms with Crippen molar-refractivity contribution in [2.24, 2.45) is 0 Å². The summed E-state index contributed by atoms with van der Waals surface area (Å²) in [5.41, 5.74) is 2.47. The highest BCUT2D eigenvalue weighted by molar-refractivity contribution is 9.10. The molecule has 2 rings (SSSR count). The Labute approximate surface area is 74.3 Å². The molecule has 1 heterocycles. The minimum Gasteiger partial charge on any atom is -0.245 e.